The lowest BCUT2D eigenvalue weighted by Crippen LogP contribution is -2.08. The molecule has 0 radical (unpaired) electrons. The van der Waals surface area contributed by atoms with Crippen molar-refractivity contribution in [3.63, 3.8) is 0 Å². The summed E-state index contributed by atoms with van der Waals surface area (Å²) in [6, 6.07) is 3.27. The molecule has 0 N–H and O–H groups in total. The Bertz CT molecular complexity index is 191. The fourth-order valence-corrected chi connectivity index (χ4v) is 1.64. The Morgan fingerprint density at radius 2 is 2.07 bits per heavy atom. The van der Waals surface area contributed by atoms with E-state index in [0.29, 0.717) is 19.2 Å². The summed E-state index contributed by atoms with van der Waals surface area (Å²) in [5.41, 5.74) is 0. The van der Waals surface area contributed by atoms with Gasteiger partial charge in [0.15, 0.2) is 0 Å². The highest BCUT2D eigenvalue weighted by atomic mass is 16.5. The second kappa shape index (κ2) is 7.72. The van der Waals surface area contributed by atoms with E-state index in [1.807, 2.05) is 6.92 Å². The highest BCUT2D eigenvalue weighted by Gasteiger charge is 2.10. The van der Waals surface area contributed by atoms with E-state index < -0.39 is 0 Å². The number of nitrogens with zero attached hydrogens (tertiary/aromatic N) is 2. The first-order valence-corrected chi connectivity index (χ1v) is 5.62. The predicted octanol–water partition coefficient (Wildman–Crippen LogP) is 2.53. The van der Waals surface area contributed by atoms with E-state index in [-0.39, 0.29) is 0 Å². The van der Waals surface area contributed by atoms with Gasteiger partial charge in [0.25, 0.3) is 0 Å². The second-order valence-electron chi connectivity index (χ2n) is 3.60. The van der Waals surface area contributed by atoms with Crippen LogP contribution in [0.3, 0.4) is 0 Å². The SMILES string of the molecule is CCOCCN=C=NC1CCCCC1. The minimum absolute atomic E-state index is 0.486. The van der Waals surface area contributed by atoms with Gasteiger partial charge in [-0.2, -0.15) is 0 Å². The van der Waals surface area contributed by atoms with Crippen LogP contribution < -0.4 is 0 Å². The predicted molar refractivity (Wildman–Crippen MR) is 58.1 cm³/mol. The molecule has 0 spiro atoms. The number of hydrogen-bond donors (Lipinski definition) is 0. The van der Waals surface area contributed by atoms with Crippen LogP contribution in [0.15, 0.2) is 9.98 Å². The van der Waals surface area contributed by atoms with Gasteiger partial charge in [-0.3, -0.25) is 0 Å². The van der Waals surface area contributed by atoms with Crippen molar-refractivity contribution < 1.29 is 4.74 Å². The van der Waals surface area contributed by atoms with Gasteiger partial charge in [0.2, 0.25) is 0 Å². The van der Waals surface area contributed by atoms with Crippen LogP contribution >= 0.6 is 0 Å². The maximum Gasteiger partial charge on any atom is 0.0896 e. The molecule has 3 nitrogen and oxygen atoms in total. The Kier molecular flexibility index (Phi) is 6.29. The molecule has 1 aliphatic carbocycles. The highest BCUT2D eigenvalue weighted by molar-refractivity contribution is 5.41. The summed E-state index contributed by atoms with van der Waals surface area (Å²) in [7, 11) is 0. The monoisotopic (exact) mass is 196 g/mol. The molecule has 0 amide bonds. The topological polar surface area (TPSA) is 34.0 Å². The van der Waals surface area contributed by atoms with Crippen LogP contribution in [0.1, 0.15) is 39.0 Å². The van der Waals surface area contributed by atoms with Crippen molar-refractivity contribution in [2.24, 2.45) is 9.98 Å². The quantitative estimate of drug-likeness (QED) is 0.491. The van der Waals surface area contributed by atoms with Crippen molar-refractivity contribution in [2.45, 2.75) is 45.1 Å². The largest absolute Gasteiger partial charge is 0.380 e. The number of ether oxygens (including phenoxy) is 1. The molecule has 0 bridgehead atoms. The van der Waals surface area contributed by atoms with Gasteiger partial charge >= 0.3 is 0 Å². The minimum Gasteiger partial charge on any atom is -0.380 e. The molecule has 80 valence electrons. The van der Waals surface area contributed by atoms with Crippen molar-refractivity contribution in [1.82, 2.24) is 0 Å². The lowest BCUT2D eigenvalue weighted by molar-refractivity contribution is 0.156. The summed E-state index contributed by atoms with van der Waals surface area (Å²) in [4.78, 5) is 8.37. The van der Waals surface area contributed by atoms with Crippen LogP contribution in [-0.2, 0) is 4.74 Å². The van der Waals surface area contributed by atoms with Crippen LogP contribution in [0, 0.1) is 0 Å². The fraction of sp³-hybridized carbons (Fsp3) is 0.909. The van der Waals surface area contributed by atoms with Crippen LogP contribution in [0.4, 0.5) is 0 Å². The fourth-order valence-electron chi connectivity index (χ4n) is 1.64. The van der Waals surface area contributed by atoms with Gasteiger partial charge in [0, 0.05) is 6.61 Å². The van der Waals surface area contributed by atoms with Gasteiger partial charge in [0.05, 0.1) is 25.2 Å². The normalized spacial score (nSPS) is 17.5. The smallest absolute Gasteiger partial charge is 0.0896 e. The first kappa shape index (κ1) is 11.4. The van der Waals surface area contributed by atoms with Crippen LogP contribution in [0.25, 0.3) is 0 Å². The maximum absolute atomic E-state index is 5.15. The standard InChI is InChI=1S/C11H20N2O/c1-2-14-9-8-12-10-13-11-6-4-3-5-7-11/h11H,2-9H2,1H3. The van der Waals surface area contributed by atoms with E-state index in [1.165, 1.54) is 32.1 Å². The molecular formula is C11H20N2O. The molecule has 0 heterocycles. The van der Waals surface area contributed by atoms with Crippen molar-refractivity contribution >= 4 is 6.01 Å². The molecule has 14 heavy (non-hydrogen) atoms. The first-order chi connectivity index (χ1) is 6.93. The van der Waals surface area contributed by atoms with Gasteiger partial charge in [-0.1, -0.05) is 19.3 Å². The number of aliphatic imine (C=N–C) groups is 2. The van der Waals surface area contributed by atoms with Gasteiger partial charge in [0.1, 0.15) is 0 Å². The van der Waals surface area contributed by atoms with Gasteiger partial charge in [-0.15, -0.1) is 0 Å². The lowest BCUT2D eigenvalue weighted by Gasteiger charge is -2.15. The second-order valence-corrected chi connectivity index (χ2v) is 3.60. The van der Waals surface area contributed by atoms with Crippen molar-refractivity contribution in [3.8, 4) is 0 Å². The Labute approximate surface area is 86.3 Å². The van der Waals surface area contributed by atoms with Crippen LogP contribution in [-0.4, -0.2) is 31.8 Å². The zero-order chi connectivity index (χ0) is 10.1. The molecule has 1 aliphatic rings. The zero-order valence-corrected chi connectivity index (χ0v) is 9.04. The molecule has 1 fully saturated rings. The Balaban J connectivity index is 2.10. The zero-order valence-electron chi connectivity index (χ0n) is 9.04. The molecule has 1 saturated carbocycles. The molecule has 3 heteroatoms. The molecule has 0 atom stereocenters. The molecule has 1 rings (SSSR count). The first-order valence-electron chi connectivity index (χ1n) is 5.62. The summed E-state index contributed by atoms with van der Waals surface area (Å²) >= 11 is 0. The highest BCUT2D eigenvalue weighted by Crippen LogP contribution is 2.19. The average Bonchev–Trinajstić information content (AvgIpc) is 2.25. The van der Waals surface area contributed by atoms with Crippen molar-refractivity contribution in [3.05, 3.63) is 0 Å². The van der Waals surface area contributed by atoms with Gasteiger partial charge in [-0.05, 0) is 19.8 Å². The molecule has 0 aromatic heterocycles. The molecule has 0 saturated heterocycles. The molecular weight excluding hydrogens is 176 g/mol. The average molecular weight is 196 g/mol. The minimum atomic E-state index is 0.486. The summed E-state index contributed by atoms with van der Waals surface area (Å²) in [6.07, 6.45) is 6.43. The summed E-state index contributed by atoms with van der Waals surface area (Å²) in [6.45, 7) is 4.11. The number of hydrogen-bond acceptors (Lipinski definition) is 3. The molecule has 0 unspecified atom stereocenters. The van der Waals surface area contributed by atoms with E-state index in [9.17, 15) is 0 Å². The Morgan fingerprint density at radius 1 is 1.29 bits per heavy atom. The maximum atomic E-state index is 5.15. The van der Waals surface area contributed by atoms with Crippen molar-refractivity contribution in [2.75, 3.05) is 19.8 Å². The number of rotatable bonds is 5. The van der Waals surface area contributed by atoms with E-state index in [1.54, 1.807) is 0 Å². The third-order valence-corrected chi connectivity index (χ3v) is 2.44. The van der Waals surface area contributed by atoms with Crippen LogP contribution in [0.2, 0.25) is 0 Å². The summed E-state index contributed by atoms with van der Waals surface area (Å²) in [5.74, 6) is 0. The van der Waals surface area contributed by atoms with E-state index in [4.69, 9.17) is 4.74 Å². The van der Waals surface area contributed by atoms with Crippen molar-refractivity contribution in [1.29, 1.82) is 0 Å². The van der Waals surface area contributed by atoms with Gasteiger partial charge in [-0.25, -0.2) is 9.98 Å². The van der Waals surface area contributed by atoms with E-state index in [0.717, 1.165) is 6.61 Å². The summed E-state index contributed by atoms with van der Waals surface area (Å²) in [5, 5.41) is 0. The van der Waals surface area contributed by atoms with Gasteiger partial charge < -0.3 is 4.74 Å². The summed E-state index contributed by atoms with van der Waals surface area (Å²) < 4.78 is 5.15. The van der Waals surface area contributed by atoms with Crippen LogP contribution in [0.5, 0.6) is 0 Å². The third kappa shape index (κ3) is 5.15. The third-order valence-electron chi connectivity index (χ3n) is 2.44. The molecule has 0 aliphatic heterocycles. The molecule has 0 aromatic carbocycles. The Hall–Kier alpha value is -0.660. The van der Waals surface area contributed by atoms with E-state index in [2.05, 4.69) is 16.0 Å². The molecule has 0 aromatic rings. The lowest BCUT2D eigenvalue weighted by atomic mass is 9.96. The Morgan fingerprint density at radius 3 is 2.79 bits per heavy atom. The van der Waals surface area contributed by atoms with E-state index >= 15 is 0 Å².